The van der Waals surface area contributed by atoms with Crippen LogP contribution in [0.4, 0.5) is 5.69 Å². The summed E-state index contributed by atoms with van der Waals surface area (Å²) in [4.78, 5) is 21.8. The lowest BCUT2D eigenvalue weighted by Gasteiger charge is -2.11. The minimum Gasteiger partial charge on any atom is -0.481 e. The highest BCUT2D eigenvalue weighted by atomic mass is 32.2. The molecular weight excluding hydrogens is 284 g/mol. The van der Waals surface area contributed by atoms with Gasteiger partial charge >= 0.3 is 5.97 Å². The topological polar surface area (TPSA) is 113 Å². The van der Waals surface area contributed by atoms with Crippen LogP contribution in [0, 0.1) is 6.92 Å². The molecule has 0 atom stereocenters. The maximum Gasteiger partial charge on any atom is 0.304 e. The Labute approximate surface area is 117 Å². The van der Waals surface area contributed by atoms with Gasteiger partial charge in [-0.2, -0.15) is 0 Å². The SMILES string of the molecule is CNC(=O)c1ccc(NS(=O)(=O)CCC(=O)O)c(C)c1. The van der Waals surface area contributed by atoms with Crippen LogP contribution in [-0.4, -0.2) is 38.2 Å². The van der Waals surface area contributed by atoms with Gasteiger partial charge in [0.25, 0.3) is 5.91 Å². The van der Waals surface area contributed by atoms with Gasteiger partial charge in [-0.25, -0.2) is 8.42 Å². The number of aliphatic carboxylic acids is 1. The van der Waals surface area contributed by atoms with Crippen molar-refractivity contribution in [2.75, 3.05) is 17.5 Å². The molecule has 1 aromatic rings. The summed E-state index contributed by atoms with van der Waals surface area (Å²) in [5, 5.41) is 11.0. The molecule has 0 radical (unpaired) electrons. The Hall–Kier alpha value is -2.09. The van der Waals surface area contributed by atoms with E-state index in [1.54, 1.807) is 13.0 Å². The Morgan fingerprint density at radius 1 is 1.30 bits per heavy atom. The first-order chi connectivity index (χ1) is 9.25. The zero-order chi connectivity index (χ0) is 15.3. The highest BCUT2D eigenvalue weighted by molar-refractivity contribution is 7.92. The van der Waals surface area contributed by atoms with Crippen LogP contribution < -0.4 is 10.0 Å². The number of sulfonamides is 1. The molecule has 0 aromatic heterocycles. The summed E-state index contributed by atoms with van der Waals surface area (Å²) < 4.78 is 25.7. The third-order valence-electron chi connectivity index (χ3n) is 2.57. The van der Waals surface area contributed by atoms with Gasteiger partial charge < -0.3 is 10.4 Å². The lowest BCUT2D eigenvalue weighted by atomic mass is 10.1. The van der Waals surface area contributed by atoms with Gasteiger partial charge in [0.15, 0.2) is 0 Å². The van der Waals surface area contributed by atoms with E-state index in [1.807, 2.05) is 0 Å². The molecule has 0 saturated heterocycles. The van der Waals surface area contributed by atoms with E-state index in [1.165, 1.54) is 19.2 Å². The van der Waals surface area contributed by atoms with Crippen molar-refractivity contribution < 1.29 is 23.1 Å². The van der Waals surface area contributed by atoms with Crippen molar-refractivity contribution >= 4 is 27.6 Å². The third kappa shape index (κ3) is 4.54. The number of aryl methyl sites for hydroxylation is 1. The first-order valence-corrected chi connectivity index (χ1v) is 7.45. The van der Waals surface area contributed by atoms with E-state index in [0.29, 0.717) is 16.8 Å². The number of carboxylic acids is 1. The summed E-state index contributed by atoms with van der Waals surface area (Å²) in [7, 11) is -2.22. The Balaban J connectivity index is 2.88. The molecule has 0 heterocycles. The molecule has 7 nitrogen and oxygen atoms in total. The van der Waals surface area contributed by atoms with Crippen LogP contribution in [0.5, 0.6) is 0 Å². The molecule has 0 unspecified atom stereocenters. The molecule has 1 aromatic carbocycles. The molecule has 0 fully saturated rings. The van der Waals surface area contributed by atoms with Crippen molar-refractivity contribution in [1.29, 1.82) is 0 Å². The predicted molar refractivity (Wildman–Crippen MR) is 74.2 cm³/mol. The monoisotopic (exact) mass is 300 g/mol. The summed E-state index contributed by atoms with van der Waals surface area (Å²) in [5.74, 6) is -1.95. The molecule has 1 rings (SSSR count). The summed E-state index contributed by atoms with van der Waals surface area (Å²) >= 11 is 0. The minimum atomic E-state index is -3.72. The van der Waals surface area contributed by atoms with Gasteiger partial charge in [0.1, 0.15) is 0 Å². The van der Waals surface area contributed by atoms with Crippen molar-refractivity contribution in [1.82, 2.24) is 5.32 Å². The predicted octanol–water partition coefficient (Wildman–Crippen LogP) is 0.571. The maximum absolute atomic E-state index is 11.7. The molecule has 1 amide bonds. The molecule has 3 N–H and O–H groups in total. The zero-order valence-corrected chi connectivity index (χ0v) is 12.0. The first kappa shape index (κ1) is 16.0. The summed E-state index contributed by atoms with van der Waals surface area (Å²) in [6, 6.07) is 4.51. The highest BCUT2D eigenvalue weighted by Gasteiger charge is 2.14. The number of anilines is 1. The molecule has 0 saturated carbocycles. The molecule has 8 heteroatoms. The molecule has 0 bridgehead atoms. The number of hydrogen-bond acceptors (Lipinski definition) is 4. The highest BCUT2D eigenvalue weighted by Crippen LogP contribution is 2.18. The number of carbonyl (C=O) groups excluding carboxylic acids is 1. The summed E-state index contributed by atoms with van der Waals surface area (Å²) in [5.41, 5.74) is 1.31. The average molecular weight is 300 g/mol. The molecular formula is C12H16N2O5S. The number of carboxylic acid groups (broad SMARTS) is 1. The number of hydrogen-bond donors (Lipinski definition) is 3. The van der Waals surface area contributed by atoms with Gasteiger partial charge in [0.05, 0.1) is 17.9 Å². The molecule has 0 aliphatic rings. The van der Waals surface area contributed by atoms with E-state index in [9.17, 15) is 18.0 Å². The minimum absolute atomic E-state index is 0.270. The van der Waals surface area contributed by atoms with E-state index in [2.05, 4.69) is 10.0 Å². The lowest BCUT2D eigenvalue weighted by molar-refractivity contribution is -0.136. The number of amides is 1. The van der Waals surface area contributed by atoms with Crippen LogP contribution in [0.3, 0.4) is 0 Å². The molecule has 20 heavy (non-hydrogen) atoms. The van der Waals surface area contributed by atoms with Crippen molar-refractivity contribution in [2.24, 2.45) is 0 Å². The number of rotatable bonds is 6. The van der Waals surface area contributed by atoms with Crippen molar-refractivity contribution in [3.63, 3.8) is 0 Å². The van der Waals surface area contributed by atoms with E-state index >= 15 is 0 Å². The van der Waals surface area contributed by atoms with Gasteiger partial charge in [0.2, 0.25) is 10.0 Å². The quantitative estimate of drug-likeness (QED) is 0.711. The second kappa shape index (κ2) is 6.38. The fourth-order valence-electron chi connectivity index (χ4n) is 1.50. The van der Waals surface area contributed by atoms with Gasteiger partial charge in [0, 0.05) is 12.6 Å². The van der Waals surface area contributed by atoms with E-state index in [-0.39, 0.29) is 5.91 Å². The Morgan fingerprint density at radius 3 is 2.45 bits per heavy atom. The van der Waals surface area contributed by atoms with E-state index in [0.717, 1.165) is 0 Å². The standard InChI is InChI=1S/C12H16N2O5S/c1-8-7-9(12(17)13-2)3-4-10(8)14-20(18,19)6-5-11(15)16/h3-4,7,14H,5-6H2,1-2H3,(H,13,17)(H,15,16). The van der Waals surface area contributed by atoms with Crippen molar-refractivity contribution in [3.05, 3.63) is 29.3 Å². The van der Waals surface area contributed by atoms with Gasteiger partial charge in [-0.15, -0.1) is 0 Å². The van der Waals surface area contributed by atoms with Crippen LogP contribution >= 0.6 is 0 Å². The fraction of sp³-hybridized carbons (Fsp3) is 0.333. The largest absolute Gasteiger partial charge is 0.481 e. The molecule has 0 spiro atoms. The normalized spacial score (nSPS) is 10.9. The van der Waals surface area contributed by atoms with Crippen LogP contribution in [0.2, 0.25) is 0 Å². The van der Waals surface area contributed by atoms with Crippen LogP contribution in [-0.2, 0) is 14.8 Å². The van der Waals surface area contributed by atoms with Gasteiger partial charge in [-0.1, -0.05) is 0 Å². The van der Waals surface area contributed by atoms with Crippen molar-refractivity contribution in [3.8, 4) is 0 Å². The Morgan fingerprint density at radius 2 is 1.95 bits per heavy atom. The van der Waals surface area contributed by atoms with Crippen LogP contribution in [0.25, 0.3) is 0 Å². The fourth-order valence-corrected chi connectivity index (χ4v) is 2.61. The molecule has 0 aliphatic carbocycles. The summed E-state index contributed by atoms with van der Waals surface area (Å²) in [6.45, 7) is 1.65. The Kier molecular flexibility index (Phi) is 5.09. The summed E-state index contributed by atoms with van der Waals surface area (Å²) in [6.07, 6.45) is -0.468. The third-order valence-corrected chi connectivity index (χ3v) is 3.84. The zero-order valence-electron chi connectivity index (χ0n) is 11.1. The van der Waals surface area contributed by atoms with E-state index < -0.39 is 28.2 Å². The van der Waals surface area contributed by atoms with Gasteiger partial charge in [-0.05, 0) is 30.7 Å². The number of nitrogens with one attached hydrogen (secondary N) is 2. The number of carbonyl (C=O) groups is 2. The van der Waals surface area contributed by atoms with Gasteiger partial charge in [-0.3, -0.25) is 14.3 Å². The average Bonchev–Trinajstić information content (AvgIpc) is 2.38. The Bertz CT molecular complexity index is 625. The second-order valence-corrected chi connectivity index (χ2v) is 6.02. The van der Waals surface area contributed by atoms with Crippen LogP contribution in [0.1, 0.15) is 22.3 Å². The first-order valence-electron chi connectivity index (χ1n) is 5.80. The van der Waals surface area contributed by atoms with Crippen LogP contribution in [0.15, 0.2) is 18.2 Å². The molecule has 110 valence electrons. The number of benzene rings is 1. The maximum atomic E-state index is 11.7. The smallest absolute Gasteiger partial charge is 0.304 e. The van der Waals surface area contributed by atoms with Crippen molar-refractivity contribution in [2.45, 2.75) is 13.3 Å². The molecule has 0 aliphatic heterocycles. The second-order valence-electron chi connectivity index (χ2n) is 4.17. The lowest BCUT2D eigenvalue weighted by Crippen LogP contribution is -2.20. The van der Waals surface area contributed by atoms with E-state index in [4.69, 9.17) is 5.11 Å².